The fourth-order valence-corrected chi connectivity index (χ4v) is 5.63. The van der Waals surface area contributed by atoms with E-state index in [1.807, 2.05) is 49.1 Å². The van der Waals surface area contributed by atoms with E-state index in [1.165, 1.54) is 11.1 Å². The number of hydrogen-bond donors (Lipinski definition) is 2. The minimum absolute atomic E-state index is 0.0983. The number of nitrogens with zero attached hydrogens (tertiary/aromatic N) is 1. The fraction of sp³-hybridized carbons (Fsp3) is 0.345. The van der Waals surface area contributed by atoms with Crippen LogP contribution in [0.5, 0.6) is 0 Å². The van der Waals surface area contributed by atoms with Crippen LogP contribution in [0.4, 0.5) is 21.9 Å². The van der Waals surface area contributed by atoms with Crippen LogP contribution < -0.4 is 16.0 Å². The molecule has 4 nitrogen and oxygen atoms in total. The maximum atomic E-state index is 14.1. The summed E-state index contributed by atoms with van der Waals surface area (Å²) in [5, 5.41) is 4.51. The van der Waals surface area contributed by atoms with Gasteiger partial charge < -0.3 is 11.1 Å². The van der Waals surface area contributed by atoms with Crippen LogP contribution in [-0.2, 0) is 19.3 Å². The van der Waals surface area contributed by atoms with Gasteiger partial charge in [0.25, 0.3) is 0 Å². The Morgan fingerprint density at radius 1 is 1.06 bits per heavy atom. The van der Waals surface area contributed by atoms with Crippen molar-refractivity contribution in [1.29, 1.82) is 0 Å². The Hall–Kier alpha value is -2.69. The monoisotopic (exact) mass is 509 g/mol. The summed E-state index contributed by atoms with van der Waals surface area (Å²) in [6.45, 7) is 8.40. The molecule has 1 aliphatic carbocycles. The molecule has 1 unspecified atom stereocenters. The van der Waals surface area contributed by atoms with E-state index in [9.17, 15) is 4.79 Å². The van der Waals surface area contributed by atoms with Crippen LogP contribution in [0.2, 0.25) is 10.0 Å². The molecule has 0 bridgehead atoms. The molecule has 0 radical (unpaired) electrons. The van der Waals surface area contributed by atoms with E-state index in [1.54, 1.807) is 6.07 Å². The summed E-state index contributed by atoms with van der Waals surface area (Å²) in [6.07, 6.45) is 3.09. The number of nitrogen functional groups attached to an aromatic ring is 1. The molecule has 1 aliphatic rings. The van der Waals surface area contributed by atoms with E-state index in [0.717, 1.165) is 45.9 Å². The highest BCUT2D eigenvalue weighted by molar-refractivity contribution is 6.32. The topological polar surface area (TPSA) is 58.4 Å². The summed E-state index contributed by atoms with van der Waals surface area (Å²) in [4.78, 5) is 15.9. The number of carbonyl (C=O) groups excluding carboxylic acids is 1. The number of anilines is 3. The fourth-order valence-electron chi connectivity index (χ4n) is 5.09. The van der Waals surface area contributed by atoms with Crippen molar-refractivity contribution >= 4 is 46.3 Å². The second kappa shape index (κ2) is 10.5. The van der Waals surface area contributed by atoms with Crippen LogP contribution in [0.25, 0.3) is 0 Å². The van der Waals surface area contributed by atoms with Gasteiger partial charge in [0, 0.05) is 21.4 Å². The standard InChI is InChI=1S/C29H33Cl2N3O/c1-5-22-25(31)16-26(32)23(6-2)28(22)33-29(35)34(21-11-7-18(8-12-21)17(3)4)27-14-9-19-15-20(30)10-13-24(19)27/h7-8,10-13,15-17,27H,5-6,9,14,32H2,1-4H3,(H,33,35). The molecule has 0 fully saturated rings. The van der Waals surface area contributed by atoms with Gasteiger partial charge in [-0.3, -0.25) is 4.90 Å². The first-order valence-electron chi connectivity index (χ1n) is 12.3. The average molecular weight is 511 g/mol. The molecule has 6 heteroatoms. The smallest absolute Gasteiger partial charge is 0.326 e. The first-order valence-corrected chi connectivity index (χ1v) is 13.1. The SMILES string of the molecule is CCc1c(N)cc(Cl)c(CC)c1NC(=O)N(c1ccc(C(C)C)cc1)C1CCc2cc(Cl)ccc21. The third kappa shape index (κ3) is 5.00. The Morgan fingerprint density at radius 2 is 1.74 bits per heavy atom. The van der Waals surface area contributed by atoms with Gasteiger partial charge >= 0.3 is 6.03 Å². The molecule has 0 aromatic heterocycles. The van der Waals surface area contributed by atoms with E-state index in [-0.39, 0.29) is 12.1 Å². The zero-order valence-electron chi connectivity index (χ0n) is 20.8. The Kier molecular flexibility index (Phi) is 7.63. The number of benzene rings is 3. The van der Waals surface area contributed by atoms with Crippen molar-refractivity contribution in [2.75, 3.05) is 16.0 Å². The lowest BCUT2D eigenvalue weighted by molar-refractivity contribution is 0.254. The van der Waals surface area contributed by atoms with Gasteiger partial charge in [-0.2, -0.15) is 0 Å². The summed E-state index contributed by atoms with van der Waals surface area (Å²) in [5.74, 6) is 0.411. The molecule has 35 heavy (non-hydrogen) atoms. The van der Waals surface area contributed by atoms with Gasteiger partial charge in [0.15, 0.2) is 0 Å². The highest BCUT2D eigenvalue weighted by Gasteiger charge is 2.33. The van der Waals surface area contributed by atoms with Crippen LogP contribution in [0.15, 0.2) is 48.5 Å². The summed E-state index contributed by atoms with van der Waals surface area (Å²) in [6, 6.07) is 15.7. The van der Waals surface area contributed by atoms with Crippen molar-refractivity contribution in [3.63, 3.8) is 0 Å². The zero-order chi connectivity index (χ0) is 25.3. The molecule has 0 saturated heterocycles. The minimum Gasteiger partial charge on any atom is -0.398 e. The molecule has 3 N–H and O–H groups in total. The van der Waals surface area contributed by atoms with Crippen molar-refractivity contribution in [3.05, 3.63) is 86.4 Å². The number of nitrogens with two attached hydrogens (primary N) is 1. The highest BCUT2D eigenvalue weighted by atomic mass is 35.5. The van der Waals surface area contributed by atoms with Crippen LogP contribution in [0, 0.1) is 0 Å². The molecular weight excluding hydrogens is 477 g/mol. The Labute approximate surface area is 218 Å². The molecule has 0 spiro atoms. The number of rotatable bonds is 6. The van der Waals surface area contributed by atoms with Crippen LogP contribution in [0.1, 0.15) is 73.9 Å². The largest absolute Gasteiger partial charge is 0.398 e. The van der Waals surface area contributed by atoms with Gasteiger partial charge in [0.2, 0.25) is 0 Å². The number of amides is 2. The predicted molar refractivity (Wildman–Crippen MR) is 149 cm³/mol. The number of carbonyl (C=O) groups is 1. The number of hydrogen-bond acceptors (Lipinski definition) is 2. The molecule has 0 heterocycles. The average Bonchev–Trinajstić information content (AvgIpc) is 3.22. The molecule has 3 aromatic carbocycles. The molecule has 4 rings (SSSR count). The quantitative estimate of drug-likeness (QED) is 0.327. The first-order chi connectivity index (χ1) is 16.7. The summed E-state index contributed by atoms with van der Waals surface area (Å²) in [7, 11) is 0. The Morgan fingerprint density at radius 3 is 2.37 bits per heavy atom. The minimum atomic E-state index is -0.193. The van der Waals surface area contributed by atoms with Gasteiger partial charge in [0.05, 0.1) is 11.7 Å². The zero-order valence-corrected chi connectivity index (χ0v) is 22.3. The normalized spacial score (nSPS) is 14.8. The Balaban J connectivity index is 1.79. The van der Waals surface area contributed by atoms with E-state index < -0.39 is 0 Å². The molecule has 0 saturated carbocycles. The lowest BCUT2D eigenvalue weighted by Gasteiger charge is -2.31. The lowest BCUT2D eigenvalue weighted by Crippen LogP contribution is -2.38. The van der Waals surface area contributed by atoms with Crippen LogP contribution in [-0.4, -0.2) is 6.03 Å². The van der Waals surface area contributed by atoms with E-state index >= 15 is 0 Å². The van der Waals surface area contributed by atoms with Gasteiger partial charge in [-0.15, -0.1) is 0 Å². The molecule has 2 amide bonds. The lowest BCUT2D eigenvalue weighted by atomic mass is 10.0. The molecule has 1 atom stereocenters. The third-order valence-electron chi connectivity index (χ3n) is 6.98. The first kappa shape index (κ1) is 25.4. The van der Waals surface area contributed by atoms with Crippen LogP contribution >= 0.6 is 23.2 Å². The molecule has 3 aromatic rings. The van der Waals surface area contributed by atoms with Gasteiger partial charge in [0.1, 0.15) is 0 Å². The molecule has 184 valence electrons. The number of halogens is 2. The number of aryl methyl sites for hydroxylation is 1. The number of fused-ring (bicyclic) bond motifs is 1. The van der Waals surface area contributed by atoms with Crippen molar-refractivity contribution in [2.45, 2.75) is 65.3 Å². The third-order valence-corrected chi connectivity index (χ3v) is 7.55. The highest BCUT2D eigenvalue weighted by Crippen LogP contribution is 2.41. The second-order valence-corrected chi connectivity index (χ2v) is 10.3. The van der Waals surface area contributed by atoms with Crippen molar-refractivity contribution in [1.82, 2.24) is 0 Å². The maximum Gasteiger partial charge on any atom is 0.326 e. The second-order valence-electron chi connectivity index (χ2n) is 9.43. The van der Waals surface area contributed by atoms with Crippen LogP contribution in [0.3, 0.4) is 0 Å². The summed E-state index contributed by atoms with van der Waals surface area (Å²) in [5.41, 5.74) is 13.8. The van der Waals surface area contributed by atoms with Gasteiger partial charge in [-0.25, -0.2) is 4.79 Å². The van der Waals surface area contributed by atoms with Gasteiger partial charge in [-0.1, -0.05) is 69.1 Å². The molecule has 0 aliphatic heterocycles. The predicted octanol–water partition coefficient (Wildman–Crippen LogP) is 8.55. The van der Waals surface area contributed by atoms with Crippen molar-refractivity contribution in [3.8, 4) is 0 Å². The number of urea groups is 1. The van der Waals surface area contributed by atoms with E-state index in [4.69, 9.17) is 28.9 Å². The van der Waals surface area contributed by atoms with E-state index in [2.05, 4.69) is 31.3 Å². The van der Waals surface area contributed by atoms with Gasteiger partial charge in [-0.05, 0) is 89.8 Å². The van der Waals surface area contributed by atoms with Crippen molar-refractivity contribution in [2.24, 2.45) is 0 Å². The number of nitrogens with one attached hydrogen (secondary N) is 1. The Bertz CT molecular complexity index is 1210. The van der Waals surface area contributed by atoms with E-state index in [0.29, 0.717) is 29.5 Å². The maximum absolute atomic E-state index is 14.1. The summed E-state index contributed by atoms with van der Waals surface area (Å²) >= 11 is 12.8. The van der Waals surface area contributed by atoms with Crippen molar-refractivity contribution < 1.29 is 4.79 Å². The molecular formula is C29H33Cl2N3O. The summed E-state index contributed by atoms with van der Waals surface area (Å²) < 4.78 is 0.